The first kappa shape index (κ1) is 10.6. The zero-order chi connectivity index (χ0) is 12.8. The average molecular weight is 245 g/mol. The lowest BCUT2D eigenvalue weighted by Crippen LogP contribution is -1.86. The smallest absolute Gasteiger partial charge is 0.0467 e. The number of benzene rings is 2. The van der Waals surface area contributed by atoms with E-state index in [1.807, 2.05) is 0 Å². The Labute approximate surface area is 112 Å². The summed E-state index contributed by atoms with van der Waals surface area (Å²) in [5.74, 6) is 0. The predicted octanol–water partition coefficient (Wildman–Crippen LogP) is 4.46. The minimum atomic E-state index is 1.04. The Balaban J connectivity index is 1.88. The summed E-state index contributed by atoms with van der Waals surface area (Å²) in [6.07, 6.45) is 3.36. The third kappa shape index (κ3) is 1.62. The lowest BCUT2D eigenvalue weighted by atomic mass is 10.0. The molecule has 0 atom stereocenters. The standard InChI is InChI=1S/C18H15N/c1-12-6-9-17-14(10-12)11-18(19-17)16-8-7-13-4-2-3-5-15(13)16/h2-6,8-11,19H,7H2,1H3. The van der Waals surface area contributed by atoms with Crippen LogP contribution in [0.4, 0.5) is 0 Å². The van der Waals surface area contributed by atoms with E-state index < -0.39 is 0 Å². The maximum absolute atomic E-state index is 3.54. The van der Waals surface area contributed by atoms with Crippen LogP contribution in [-0.2, 0) is 6.42 Å². The van der Waals surface area contributed by atoms with Gasteiger partial charge in [-0.05, 0) is 42.7 Å². The van der Waals surface area contributed by atoms with E-state index in [2.05, 4.69) is 66.5 Å². The zero-order valence-electron chi connectivity index (χ0n) is 10.9. The molecule has 3 aromatic rings. The van der Waals surface area contributed by atoms with E-state index >= 15 is 0 Å². The number of allylic oxidation sites excluding steroid dienone is 1. The SMILES string of the molecule is Cc1ccc2[nH]c(C3=CCc4ccccc43)cc2c1. The highest BCUT2D eigenvalue weighted by Crippen LogP contribution is 2.33. The van der Waals surface area contributed by atoms with E-state index in [1.54, 1.807) is 0 Å². The Morgan fingerprint density at radius 3 is 2.84 bits per heavy atom. The fourth-order valence-corrected chi connectivity index (χ4v) is 2.94. The molecule has 0 amide bonds. The number of hydrogen-bond acceptors (Lipinski definition) is 0. The number of rotatable bonds is 1. The molecule has 1 aliphatic carbocycles. The maximum atomic E-state index is 3.54. The van der Waals surface area contributed by atoms with E-state index in [1.165, 1.54) is 38.9 Å². The number of hydrogen-bond donors (Lipinski definition) is 1. The van der Waals surface area contributed by atoms with E-state index in [0.29, 0.717) is 0 Å². The van der Waals surface area contributed by atoms with Crippen LogP contribution in [0.1, 0.15) is 22.4 Å². The highest BCUT2D eigenvalue weighted by molar-refractivity contribution is 5.90. The van der Waals surface area contributed by atoms with Crippen LogP contribution in [0.15, 0.2) is 54.6 Å². The normalized spacial score (nSPS) is 13.6. The molecule has 1 heteroatoms. The molecule has 0 saturated carbocycles. The Hall–Kier alpha value is -2.28. The molecule has 4 rings (SSSR count). The summed E-state index contributed by atoms with van der Waals surface area (Å²) in [5.41, 5.74) is 7.87. The minimum Gasteiger partial charge on any atom is -0.355 e. The first-order valence-electron chi connectivity index (χ1n) is 6.69. The van der Waals surface area contributed by atoms with Gasteiger partial charge in [0, 0.05) is 22.2 Å². The zero-order valence-corrected chi connectivity index (χ0v) is 10.9. The topological polar surface area (TPSA) is 15.8 Å². The summed E-state index contributed by atoms with van der Waals surface area (Å²) in [6, 6.07) is 17.5. The second kappa shape index (κ2) is 3.86. The van der Waals surface area contributed by atoms with Crippen LogP contribution < -0.4 is 0 Å². The lowest BCUT2D eigenvalue weighted by molar-refractivity contribution is 1.31. The first-order valence-corrected chi connectivity index (χ1v) is 6.69. The molecule has 0 saturated heterocycles. The Morgan fingerprint density at radius 2 is 1.89 bits per heavy atom. The molecule has 0 spiro atoms. The summed E-state index contributed by atoms with van der Waals surface area (Å²) < 4.78 is 0. The molecular weight excluding hydrogens is 230 g/mol. The molecule has 19 heavy (non-hydrogen) atoms. The van der Waals surface area contributed by atoms with Gasteiger partial charge in [-0.15, -0.1) is 0 Å². The van der Waals surface area contributed by atoms with Crippen molar-refractivity contribution in [3.63, 3.8) is 0 Å². The minimum absolute atomic E-state index is 1.04. The third-order valence-corrected chi connectivity index (χ3v) is 3.90. The van der Waals surface area contributed by atoms with E-state index in [-0.39, 0.29) is 0 Å². The van der Waals surface area contributed by atoms with Crippen molar-refractivity contribution >= 4 is 16.5 Å². The summed E-state index contributed by atoms with van der Waals surface area (Å²) >= 11 is 0. The Morgan fingerprint density at radius 1 is 1.00 bits per heavy atom. The molecule has 0 aliphatic heterocycles. The van der Waals surface area contributed by atoms with Crippen LogP contribution in [0.25, 0.3) is 16.5 Å². The van der Waals surface area contributed by atoms with Gasteiger partial charge in [-0.3, -0.25) is 0 Å². The van der Waals surface area contributed by atoms with E-state index in [0.717, 1.165) is 6.42 Å². The number of H-pyrrole nitrogens is 1. The quantitative estimate of drug-likeness (QED) is 0.651. The number of fused-ring (bicyclic) bond motifs is 2. The maximum Gasteiger partial charge on any atom is 0.0467 e. The first-order chi connectivity index (χ1) is 9.31. The van der Waals surface area contributed by atoms with Gasteiger partial charge in [-0.25, -0.2) is 0 Å². The van der Waals surface area contributed by atoms with Crippen molar-refractivity contribution in [2.75, 3.05) is 0 Å². The molecule has 0 bridgehead atoms. The van der Waals surface area contributed by atoms with Gasteiger partial charge in [0.2, 0.25) is 0 Å². The van der Waals surface area contributed by atoms with Crippen LogP contribution in [0.3, 0.4) is 0 Å². The Kier molecular flexibility index (Phi) is 2.16. The molecule has 0 fully saturated rings. The summed E-state index contributed by atoms with van der Waals surface area (Å²) in [5, 5.41) is 1.29. The summed E-state index contributed by atoms with van der Waals surface area (Å²) in [4.78, 5) is 3.54. The summed E-state index contributed by atoms with van der Waals surface area (Å²) in [6.45, 7) is 2.14. The highest BCUT2D eigenvalue weighted by Gasteiger charge is 2.16. The molecule has 0 radical (unpaired) electrons. The number of aromatic nitrogens is 1. The van der Waals surface area contributed by atoms with Crippen LogP contribution in [0.5, 0.6) is 0 Å². The molecule has 2 aromatic carbocycles. The monoisotopic (exact) mass is 245 g/mol. The third-order valence-electron chi connectivity index (χ3n) is 3.90. The fraction of sp³-hybridized carbons (Fsp3) is 0.111. The van der Waals surface area contributed by atoms with Gasteiger partial charge in [-0.1, -0.05) is 42.0 Å². The molecular formula is C18H15N. The van der Waals surface area contributed by atoms with Gasteiger partial charge in [0.1, 0.15) is 0 Å². The highest BCUT2D eigenvalue weighted by atomic mass is 14.7. The number of nitrogens with one attached hydrogen (secondary N) is 1. The van der Waals surface area contributed by atoms with Gasteiger partial charge in [0.15, 0.2) is 0 Å². The van der Waals surface area contributed by atoms with Gasteiger partial charge >= 0.3 is 0 Å². The van der Waals surface area contributed by atoms with Crippen molar-refractivity contribution in [1.82, 2.24) is 4.98 Å². The lowest BCUT2D eigenvalue weighted by Gasteiger charge is -2.02. The molecule has 1 aromatic heterocycles. The van der Waals surface area contributed by atoms with Crippen LogP contribution in [0, 0.1) is 6.92 Å². The largest absolute Gasteiger partial charge is 0.355 e. The van der Waals surface area contributed by atoms with Gasteiger partial charge in [-0.2, -0.15) is 0 Å². The van der Waals surface area contributed by atoms with Crippen molar-refractivity contribution in [2.45, 2.75) is 13.3 Å². The Bertz CT molecular complexity index is 805. The summed E-state index contributed by atoms with van der Waals surface area (Å²) in [7, 11) is 0. The molecule has 0 unspecified atom stereocenters. The molecule has 1 heterocycles. The molecule has 92 valence electrons. The van der Waals surface area contributed by atoms with Crippen molar-refractivity contribution in [2.24, 2.45) is 0 Å². The molecule has 1 aliphatic rings. The van der Waals surface area contributed by atoms with Crippen molar-refractivity contribution < 1.29 is 0 Å². The average Bonchev–Trinajstić information content (AvgIpc) is 3.00. The van der Waals surface area contributed by atoms with Crippen molar-refractivity contribution in [3.05, 3.63) is 77.0 Å². The fourth-order valence-electron chi connectivity index (χ4n) is 2.94. The van der Waals surface area contributed by atoms with Crippen molar-refractivity contribution in [3.8, 4) is 0 Å². The van der Waals surface area contributed by atoms with Gasteiger partial charge in [0.25, 0.3) is 0 Å². The predicted molar refractivity (Wildman–Crippen MR) is 80.3 cm³/mol. The molecule has 1 nitrogen and oxygen atoms in total. The van der Waals surface area contributed by atoms with Gasteiger partial charge in [0.05, 0.1) is 0 Å². The van der Waals surface area contributed by atoms with E-state index in [9.17, 15) is 0 Å². The second-order valence-corrected chi connectivity index (χ2v) is 5.25. The van der Waals surface area contributed by atoms with Crippen LogP contribution in [-0.4, -0.2) is 4.98 Å². The van der Waals surface area contributed by atoms with Crippen LogP contribution in [0.2, 0.25) is 0 Å². The van der Waals surface area contributed by atoms with Crippen molar-refractivity contribution in [1.29, 1.82) is 0 Å². The second-order valence-electron chi connectivity index (χ2n) is 5.25. The molecule has 1 N–H and O–H groups in total. The van der Waals surface area contributed by atoms with Crippen LogP contribution >= 0.6 is 0 Å². The number of aromatic amines is 1. The van der Waals surface area contributed by atoms with E-state index in [4.69, 9.17) is 0 Å². The number of aryl methyl sites for hydroxylation is 1. The van der Waals surface area contributed by atoms with Gasteiger partial charge < -0.3 is 4.98 Å².